The zero-order chi connectivity index (χ0) is 16.1. The van der Waals surface area contributed by atoms with Crippen LogP contribution in [-0.2, 0) is 9.59 Å². The third-order valence-electron chi connectivity index (χ3n) is 3.12. The van der Waals surface area contributed by atoms with Crippen molar-refractivity contribution in [3.8, 4) is 0 Å². The lowest BCUT2D eigenvalue weighted by Crippen LogP contribution is -2.29. The highest BCUT2D eigenvalue weighted by atomic mass is 35.5. The van der Waals surface area contributed by atoms with Crippen LogP contribution in [0.15, 0.2) is 48.5 Å². The summed E-state index contributed by atoms with van der Waals surface area (Å²) >= 11 is 5.83. The molecule has 5 heteroatoms. The molecular weight excluding hydrogens is 300 g/mol. The number of carbonyl (C=O) groups excluding carboxylic acids is 2. The van der Waals surface area contributed by atoms with Crippen molar-refractivity contribution in [2.24, 2.45) is 0 Å². The average Bonchev–Trinajstić information content (AvgIpc) is 2.47. The topological polar surface area (TPSA) is 58.2 Å². The van der Waals surface area contributed by atoms with E-state index in [-0.39, 0.29) is 0 Å². The van der Waals surface area contributed by atoms with Crippen LogP contribution < -0.4 is 10.6 Å². The molecule has 0 aromatic heterocycles. The van der Waals surface area contributed by atoms with Gasteiger partial charge in [-0.1, -0.05) is 43.6 Å². The van der Waals surface area contributed by atoms with Gasteiger partial charge in [0.25, 0.3) is 0 Å². The highest BCUT2D eigenvalue weighted by molar-refractivity contribution is 6.43. The molecule has 0 bridgehead atoms. The van der Waals surface area contributed by atoms with Gasteiger partial charge in [0.1, 0.15) is 0 Å². The molecule has 0 aliphatic rings. The Labute approximate surface area is 134 Å². The molecule has 0 aliphatic carbocycles. The lowest BCUT2D eigenvalue weighted by molar-refractivity contribution is -0.132. The smallest absolute Gasteiger partial charge is 0.314 e. The predicted molar refractivity (Wildman–Crippen MR) is 89.2 cm³/mol. The van der Waals surface area contributed by atoms with Crippen molar-refractivity contribution < 1.29 is 9.59 Å². The first-order valence-electron chi connectivity index (χ1n) is 6.93. The minimum absolute atomic E-state index is 0.413. The van der Waals surface area contributed by atoms with E-state index < -0.39 is 11.8 Å². The summed E-state index contributed by atoms with van der Waals surface area (Å²) in [5.41, 5.74) is 2.22. The summed E-state index contributed by atoms with van der Waals surface area (Å²) in [4.78, 5) is 23.7. The van der Waals surface area contributed by atoms with Gasteiger partial charge >= 0.3 is 11.8 Å². The van der Waals surface area contributed by atoms with Gasteiger partial charge in [0, 0.05) is 16.4 Å². The Balaban J connectivity index is 1.98. The molecule has 0 aliphatic heterocycles. The summed E-state index contributed by atoms with van der Waals surface area (Å²) < 4.78 is 0. The van der Waals surface area contributed by atoms with E-state index >= 15 is 0 Å². The van der Waals surface area contributed by atoms with E-state index in [1.54, 1.807) is 36.4 Å². The lowest BCUT2D eigenvalue weighted by atomic mass is 10.0. The number of hydrogen-bond acceptors (Lipinski definition) is 2. The predicted octanol–water partition coefficient (Wildman–Crippen LogP) is 4.04. The van der Waals surface area contributed by atoms with Crippen molar-refractivity contribution in [1.29, 1.82) is 0 Å². The summed E-state index contributed by atoms with van der Waals surface area (Å²) in [6.45, 7) is 4.18. The van der Waals surface area contributed by atoms with Crippen molar-refractivity contribution >= 4 is 34.8 Å². The van der Waals surface area contributed by atoms with E-state index in [1.165, 1.54) is 5.56 Å². The van der Waals surface area contributed by atoms with Crippen LogP contribution in [0, 0.1) is 0 Å². The maximum Gasteiger partial charge on any atom is 0.314 e. The van der Waals surface area contributed by atoms with Crippen molar-refractivity contribution in [2.45, 2.75) is 19.8 Å². The van der Waals surface area contributed by atoms with E-state index in [4.69, 9.17) is 11.6 Å². The van der Waals surface area contributed by atoms with Gasteiger partial charge in [-0.3, -0.25) is 9.59 Å². The fraction of sp³-hybridized carbons (Fsp3) is 0.176. The van der Waals surface area contributed by atoms with Crippen LogP contribution in [0.25, 0.3) is 0 Å². The molecule has 2 aromatic rings. The summed E-state index contributed by atoms with van der Waals surface area (Å²) in [6.07, 6.45) is 0. The van der Waals surface area contributed by atoms with E-state index in [0.717, 1.165) is 0 Å². The summed E-state index contributed by atoms with van der Waals surface area (Å²) in [7, 11) is 0. The van der Waals surface area contributed by atoms with Gasteiger partial charge in [0.05, 0.1) is 0 Å². The molecule has 2 rings (SSSR count). The molecule has 4 nitrogen and oxygen atoms in total. The first kappa shape index (κ1) is 16.0. The third-order valence-corrected chi connectivity index (χ3v) is 3.36. The highest BCUT2D eigenvalue weighted by Crippen LogP contribution is 2.17. The van der Waals surface area contributed by atoms with Gasteiger partial charge in [-0.2, -0.15) is 0 Å². The number of anilines is 2. The molecule has 114 valence electrons. The normalized spacial score (nSPS) is 10.4. The average molecular weight is 317 g/mol. The molecule has 0 radical (unpaired) electrons. The fourth-order valence-electron chi connectivity index (χ4n) is 1.89. The molecule has 2 N–H and O–H groups in total. The molecule has 2 aromatic carbocycles. The van der Waals surface area contributed by atoms with Crippen LogP contribution in [0.2, 0.25) is 5.02 Å². The standard InChI is InChI=1S/C17H17ClN2O2/c1-11(2)12-6-8-14(9-7-12)19-16(21)17(22)20-15-5-3-4-13(18)10-15/h3-11H,1-2H3,(H,19,21)(H,20,22). The zero-order valence-electron chi connectivity index (χ0n) is 12.4. The van der Waals surface area contributed by atoms with Crippen LogP contribution in [0.4, 0.5) is 11.4 Å². The van der Waals surface area contributed by atoms with Gasteiger partial charge in [-0.05, 0) is 41.8 Å². The Hall–Kier alpha value is -2.33. The Kier molecular flexibility index (Phi) is 5.17. The van der Waals surface area contributed by atoms with Gasteiger partial charge in [-0.25, -0.2) is 0 Å². The van der Waals surface area contributed by atoms with E-state index in [2.05, 4.69) is 24.5 Å². The van der Waals surface area contributed by atoms with Crippen molar-refractivity contribution in [3.05, 3.63) is 59.1 Å². The maximum absolute atomic E-state index is 11.9. The summed E-state index contributed by atoms with van der Waals surface area (Å²) in [5, 5.41) is 5.54. The van der Waals surface area contributed by atoms with Gasteiger partial charge in [0.15, 0.2) is 0 Å². The number of halogens is 1. The van der Waals surface area contributed by atoms with Crippen LogP contribution in [0.3, 0.4) is 0 Å². The largest absolute Gasteiger partial charge is 0.318 e. The minimum atomic E-state index is -0.741. The summed E-state index contributed by atoms with van der Waals surface area (Å²) in [5.74, 6) is -1.05. The number of carbonyl (C=O) groups is 2. The number of rotatable bonds is 3. The monoisotopic (exact) mass is 316 g/mol. The molecule has 0 atom stereocenters. The van der Waals surface area contributed by atoms with Gasteiger partial charge in [-0.15, -0.1) is 0 Å². The first-order valence-corrected chi connectivity index (χ1v) is 7.31. The molecule has 0 fully saturated rings. The number of benzene rings is 2. The third kappa shape index (κ3) is 4.33. The molecule has 0 saturated carbocycles. The van der Waals surface area contributed by atoms with Crippen LogP contribution in [0.5, 0.6) is 0 Å². The fourth-order valence-corrected chi connectivity index (χ4v) is 2.08. The first-order chi connectivity index (χ1) is 10.5. The van der Waals surface area contributed by atoms with Crippen LogP contribution >= 0.6 is 11.6 Å². The molecular formula is C17H17ClN2O2. The van der Waals surface area contributed by atoms with Gasteiger partial charge in [0.2, 0.25) is 0 Å². The second-order valence-electron chi connectivity index (χ2n) is 5.20. The Bertz CT molecular complexity index is 681. The second kappa shape index (κ2) is 7.09. The van der Waals surface area contributed by atoms with E-state index in [0.29, 0.717) is 22.3 Å². The molecule has 0 heterocycles. The minimum Gasteiger partial charge on any atom is -0.318 e. The summed E-state index contributed by atoms with van der Waals surface area (Å²) in [6, 6.07) is 14.0. The quantitative estimate of drug-likeness (QED) is 0.840. The molecule has 0 unspecified atom stereocenters. The van der Waals surface area contributed by atoms with Crippen molar-refractivity contribution in [2.75, 3.05) is 10.6 Å². The molecule has 22 heavy (non-hydrogen) atoms. The Morgan fingerprint density at radius 3 is 2.05 bits per heavy atom. The Morgan fingerprint density at radius 1 is 0.909 bits per heavy atom. The van der Waals surface area contributed by atoms with E-state index in [1.807, 2.05) is 12.1 Å². The maximum atomic E-state index is 11.9. The molecule has 2 amide bonds. The van der Waals surface area contributed by atoms with Crippen molar-refractivity contribution in [1.82, 2.24) is 0 Å². The molecule has 0 spiro atoms. The Morgan fingerprint density at radius 2 is 1.50 bits per heavy atom. The van der Waals surface area contributed by atoms with E-state index in [9.17, 15) is 9.59 Å². The lowest BCUT2D eigenvalue weighted by Gasteiger charge is -2.09. The van der Waals surface area contributed by atoms with Crippen LogP contribution in [-0.4, -0.2) is 11.8 Å². The number of nitrogens with one attached hydrogen (secondary N) is 2. The molecule has 0 saturated heterocycles. The number of hydrogen-bond donors (Lipinski definition) is 2. The van der Waals surface area contributed by atoms with Gasteiger partial charge < -0.3 is 10.6 Å². The zero-order valence-corrected chi connectivity index (χ0v) is 13.1. The highest BCUT2D eigenvalue weighted by Gasteiger charge is 2.14. The van der Waals surface area contributed by atoms with Crippen molar-refractivity contribution in [3.63, 3.8) is 0 Å². The number of amides is 2. The second-order valence-corrected chi connectivity index (χ2v) is 5.63. The van der Waals surface area contributed by atoms with Crippen LogP contribution in [0.1, 0.15) is 25.3 Å². The SMILES string of the molecule is CC(C)c1ccc(NC(=O)C(=O)Nc2cccc(Cl)c2)cc1.